The SMILES string of the molecule is Fc1ccc(N2SN(CCN3CCNCC3)c3ccccc32)cc1. The fourth-order valence-electron chi connectivity index (χ4n) is 3.12. The summed E-state index contributed by atoms with van der Waals surface area (Å²) in [5, 5.41) is 3.39. The van der Waals surface area contributed by atoms with Crippen molar-refractivity contribution in [1.82, 2.24) is 10.2 Å². The first-order chi connectivity index (χ1) is 11.8. The molecule has 0 atom stereocenters. The summed E-state index contributed by atoms with van der Waals surface area (Å²) >= 11 is 1.69. The monoisotopic (exact) mass is 344 g/mol. The molecule has 0 radical (unpaired) electrons. The second-order valence-corrected chi connectivity index (χ2v) is 7.00. The van der Waals surface area contributed by atoms with E-state index in [4.69, 9.17) is 0 Å². The minimum Gasteiger partial charge on any atom is -0.314 e. The van der Waals surface area contributed by atoms with Crippen LogP contribution in [0.2, 0.25) is 0 Å². The van der Waals surface area contributed by atoms with Crippen LogP contribution in [0.25, 0.3) is 0 Å². The maximum Gasteiger partial charge on any atom is 0.123 e. The lowest BCUT2D eigenvalue weighted by molar-refractivity contribution is 0.248. The molecule has 6 heteroatoms. The molecule has 1 fully saturated rings. The van der Waals surface area contributed by atoms with E-state index in [1.54, 1.807) is 12.1 Å². The van der Waals surface area contributed by atoms with E-state index in [9.17, 15) is 4.39 Å². The predicted octanol–water partition coefficient (Wildman–Crippen LogP) is 3.25. The van der Waals surface area contributed by atoms with E-state index in [0.29, 0.717) is 0 Å². The molecule has 0 aromatic heterocycles. The van der Waals surface area contributed by atoms with Crippen LogP contribution < -0.4 is 13.9 Å². The Kier molecular flexibility index (Phi) is 4.60. The van der Waals surface area contributed by atoms with Crippen LogP contribution in [-0.4, -0.2) is 44.2 Å². The number of nitrogens with zero attached hydrogens (tertiary/aromatic N) is 3. The fraction of sp³-hybridized carbons (Fsp3) is 0.333. The highest BCUT2D eigenvalue weighted by molar-refractivity contribution is 8.02. The molecule has 0 aliphatic carbocycles. The number of piperazine rings is 1. The molecule has 2 aromatic rings. The van der Waals surface area contributed by atoms with Crippen LogP contribution in [0.3, 0.4) is 0 Å². The van der Waals surface area contributed by atoms with E-state index >= 15 is 0 Å². The average molecular weight is 344 g/mol. The van der Waals surface area contributed by atoms with Crippen LogP contribution >= 0.6 is 12.1 Å². The Morgan fingerprint density at radius 1 is 0.917 bits per heavy atom. The molecule has 2 aliphatic heterocycles. The number of anilines is 3. The molecule has 2 heterocycles. The summed E-state index contributed by atoms with van der Waals surface area (Å²) in [5.74, 6) is -0.202. The molecule has 0 spiro atoms. The van der Waals surface area contributed by atoms with Gasteiger partial charge in [-0.2, -0.15) is 0 Å². The molecular weight excluding hydrogens is 323 g/mol. The molecule has 24 heavy (non-hydrogen) atoms. The maximum atomic E-state index is 13.2. The summed E-state index contributed by atoms with van der Waals surface area (Å²) < 4.78 is 17.7. The lowest BCUT2D eigenvalue weighted by atomic mass is 10.2. The first-order valence-electron chi connectivity index (χ1n) is 8.35. The maximum absolute atomic E-state index is 13.2. The number of benzene rings is 2. The normalized spacial score (nSPS) is 18.0. The first kappa shape index (κ1) is 15.7. The van der Waals surface area contributed by atoms with Crippen molar-refractivity contribution in [1.29, 1.82) is 0 Å². The first-order valence-corrected chi connectivity index (χ1v) is 9.08. The zero-order valence-electron chi connectivity index (χ0n) is 13.5. The second kappa shape index (κ2) is 7.01. The van der Waals surface area contributed by atoms with E-state index in [2.05, 4.69) is 43.1 Å². The van der Waals surface area contributed by atoms with Gasteiger partial charge in [-0.05, 0) is 36.4 Å². The Morgan fingerprint density at radius 2 is 1.62 bits per heavy atom. The van der Waals surface area contributed by atoms with Crippen molar-refractivity contribution in [2.45, 2.75) is 0 Å². The molecule has 4 nitrogen and oxygen atoms in total. The third-order valence-corrected chi connectivity index (χ3v) is 5.59. The van der Waals surface area contributed by atoms with Gasteiger partial charge in [-0.3, -0.25) is 13.5 Å². The number of para-hydroxylation sites is 2. The van der Waals surface area contributed by atoms with Crippen molar-refractivity contribution in [3.63, 3.8) is 0 Å². The van der Waals surface area contributed by atoms with Gasteiger partial charge in [0.1, 0.15) is 5.82 Å². The minimum atomic E-state index is -0.202. The second-order valence-electron chi connectivity index (χ2n) is 6.03. The Balaban J connectivity index is 1.51. The van der Waals surface area contributed by atoms with Gasteiger partial charge in [0.15, 0.2) is 0 Å². The molecule has 2 aromatic carbocycles. The van der Waals surface area contributed by atoms with E-state index in [1.165, 1.54) is 17.8 Å². The standard InChI is InChI=1S/C18H21FN4S/c19-15-5-7-16(8-6-15)23-18-4-2-1-3-17(18)22(24-23)14-13-21-11-9-20-10-12-21/h1-8,20H,9-14H2. The third kappa shape index (κ3) is 3.22. The lowest BCUT2D eigenvalue weighted by Crippen LogP contribution is -2.45. The Hall–Kier alpha value is -1.76. The summed E-state index contributed by atoms with van der Waals surface area (Å²) in [6.45, 7) is 6.40. The van der Waals surface area contributed by atoms with Crippen molar-refractivity contribution in [2.24, 2.45) is 0 Å². The molecular formula is C18H21FN4S. The number of fused-ring (bicyclic) bond motifs is 1. The van der Waals surface area contributed by atoms with Gasteiger partial charge in [0.2, 0.25) is 0 Å². The quantitative estimate of drug-likeness (QED) is 0.857. The van der Waals surface area contributed by atoms with Crippen LogP contribution in [0, 0.1) is 5.82 Å². The fourth-order valence-corrected chi connectivity index (χ4v) is 4.19. The van der Waals surface area contributed by atoms with Crippen LogP contribution in [0.5, 0.6) is 0 Å². The van der Waals surface area contributed by atoms with Crippen molar-refractivity contribution in [3.8, 4) is 0 Å². The molecule has 2 aliphatic rings. The Morgan fingerprint density at radius 3 is 2.38 bits per heavy atom. The molecule has 0 bridgehead atoms. The van der Waals surface area contributed by atoms with Crippen molar-refractivity contribution >= 4 is 29.2 Å². The van der Waals surface area contributed by atoms with Gasteiger partial charge in [-0.15, -0.1) is 0 Å². The molecule has 1 N–H and O–H groups in total. The van der Waals surface area contributed by atoms with E-state index in [0.717, 1.165) is 50.6 Å². The summed E-state index contributed by atoms with van der Waals surface area (Å²) in [7, 11) is 0. The van der Waals surface area contributed by atoms with Gasteiger partial charge in [0.05, 0.1) is 29.2 Å². The lowest BCUT2D eigenvalue weighted by Gasteiger charge is -2.29. The molecule has 1 saturated heterocycles. The van der Waals surface area contributed by atoms with Crippen LogP contribution in [-0.2, 0) is 0 Å². The molecule has 126 valence electrons. The highest BCUT2D eigenvalue weighted by atomic mass is 32.2. The highest BCUT2D eigenvalue weighted by Gasteiger charge is 2.28. The Bertz CT molecular complexity index is 688. The van der Waals surface area contributed by atoms with Gasteiger partial charge >= 0.3 is 0 Å². The summed E-state index contributed by atoms with van der Waals surface area (Å²) in [6.07, 6.45) is 0. The third-order valence-electron chi connectivity index (χ3n) is 4.44. The molecule has 0 unspecified atom stereocenters. The molecule has 0 saturated carbocycles. The van der Waals surface area contributed by atoms with Gasteiger partial charge in [0, 0.05) is 39.3 Å². The Labute approximate surface area is 146 Å². The van der Waals surface area contributed by atoms with E-state index < -0.39 is 0 Å². The minimum absolute atomic E-state index is 0.202. The smallest absolute Gasteiger partial charge is 0.123 e. The zero-order chi connectivity index (χ0) is 16.4. The van der Waals surface area contributed by atoms with Crippen LogP contribution in [0.4, 0.5) is 21.5 Å². The largest absolute Gasteiger partial charge is 0.314 e. The summed E-state index contributed by atoms with van der Waals surface area (Å²) in [4.78, 5) is 2.50. The van der Waals surface area contributed by atoms with Gasteiger partial charge in [-0.25, -0.2) is 4.39 Å². The number of rotatable bonds is 4. The van der Waals surface area contributed by atoms with Gasteiger partial charge in [0.25, 0.3) is 0 Å². The number of hydrogen-bond donors (Lipinski definition) is 1. The number of hydrogen-bond acceptors (Lipinski definition) is 5. The zero-order valence-corrected chi connectivity index (χ0v) is 14.3. The van der Waals surface area contributed by atoms with Crippen molar-refractivity contribution < 1.29 is 4.39 Å². The topological polar surface area (TPSA) is 21.8 Å². The van der Waals surface area contributed by atoms with Crippen LogP contribution in [0.15, 0.2) is 48.5 Å². The van der Waals surface area contributed by atoms with Crippen LogP contribution in [0.1, 0.15) is 0 Å². The van der Waals surface area contributed by atoms with Gasteiger partial charge < -0.3 is 5.32 Å². The average Bonchev–Trinajstić information content (AvgIpc) is 3.00. The van der Waals surface area contributed by atoms with E-state index in [-0.39, 0.29) is 5.82 Å². The van der Waals surface area contributed by atoms with Gasteiger partial charge in [-0.1, -0.05) is 12.1 Å². The molecule has 0 amide bonds. The molecule has 4 rings (SSSR count). The van der Waals surface area contributed by atoms with E-state index in [1.807, 2.05) is 12.1 Å². The summed E-state index contributed by atoms with van der Waals surface area (Å²) in [6, 6.07) is 15.1. The highest BCUT2D eigenvalue weighted by Crippen LogP contribution is 2.48. The van der Waals surface area contributed by atoms with Crippen molar-refractivity contribution in [2.75, 3.05) is 47.9 Å². The number of halogens is 1. The predicted molar refractivity (Wildman–Crippen MR) is 99.2 cm³/mol. The summed E-state index contributed by atoms with van der Waals surface area (Å²) in [5.41, 5.74) is 3.38. The van der Waals surface area contributed by atoms with Crippen molar-refractivity contribution in [3.05, 3.63) is 54.3 Å². The number of nitrogens with one attached hydrogen (secondary N) is 1.